The van der Waals surface area contributed by atoms with Crippen LogP contribution in [0.5, 0.6) is 0 Å². The van der Waals surface area contributed by atoms with Crippen molar-refractivity contribution in [3.63, 3.8) is 0 Å². The Hall–Kier alpha value is -3.89. The molecule has 7 heteroatoms. The van der Waals surface area contributed by atoms with Crippen molar-refractivity contribution in [2.75, 3.05) is 18.1 Å². The molecule has 2 aromatic carbocycles. The number of aromatic amines is 1. The van der Waals surface area contributed by atoms with Crippen LogP contribution in [0.3, 0.4) is 0 Å². The summed E-state index contributed by atoms with van der Waals surface area (Å²) in [5.74, 6) is 1.40. The minimum absolute atomic E-state index is 0.250. The number of carbonyl (C=O) groups is 2. The van der Waals surface area contributed by atoms with Gasteiger partial charge in [-0.1, -0.05) is 42.5 Å². The minimum Gasteiger partial charge on any atom is -0.381 e. The first kappa shape index (κ1) is 21.3. The first-order valence-corrected chi connectivity index (χ1v) is 10.4. The second kappa shape index (κ2) is 9.50. The Balaban J connectivity index is 1.71. The molecule has 0 spiro atoms. The number of rotatable bonds is 6. The molecule has 0 atom stereocenters. The zero-order valence-corrected chi connectivity index (χ0v) is 17.6. The van der Waals surface area contributed by atoms with Crippen molar-refractivity contribution >= 4 is 17.5 Å². The molecule has 0 radical (unpaired) electrons. The number of nitrogens with zero attached hydrogens (tertiary/aromatic N) is 2. The number of ether oxygens (including phenoxy) is 1. The van der Waals surface area contributed by atoms with E-state index < -0.39 is 11.4 Å². The molecule has 0 saturated carbocycles. The Morgan fingerprint density at radius 1 is 1.12 bits per heavy atom. The number of H-pyrrole nitrogens is 1. The van der Waals surface area contributed by atoms with Crippen LogP contribution in [-0.4, -0.2) is 40.8 Å². The van der Waals surface area contributed by atoms with Gasteiger partial charge in [-0.15, -0.1) is 6.42 Å². The van der Waals surface area contributed by atoms with Crippen LogP contribution in [0, 0.1) is 12.3 Å². The number of terminal acetylenes is 1. The molecular formula is C25H24N4O3. The van der Waals surface area contributed by atoms with Gasteiger partial charge in [0.2, 0.25) is 5.91 Å². The summed E-state index contributed by atoms with van der Waals surface area (Å²) in [5, 5.41) is 9.92. The normalized spacial score (nSPS) is 14.8. The van der Waals surface area contributed by atoms with Gasteiger partial charge in [0.1, 0.15) is 5.54 Å². The summed E-state index contributed by atoms with van der Waals surface area (Å²) in [6, 6.07) is 18.8. The number of carbonyl (C=O) groups excluding carboxylic acids is 2. The predicted octanol–water partition coefficient (Wildman–Crippen LogP) is 2.91. The second-order valence-corrected chi connectivity index (χ2v) is 7.62. The average Bonchev–Trinajstić information content (AvgIpc) is 3.39. The molecule has 162 valence electrons. The molecule has 0 aliphatic carbocycles. The van der Waals surface area contributed by atoms with E-state index in [1.807, 2.05) is 54.6 Å². The van der Waals surface area contributed by atoms with E-state index in [1.165, 1.54) is 4.90 Å². The monoisotopic (exact) mass is 428 g/mol. The van der Waals surface area contributed by atoms with Crippen molar-refractivity contribution in [2.45, 2.75) is 24.9 Å². The number of amides is 2. The molecule has 2 heterocycles. The van der Waals surface area contributed by atoms with Crippen molar-refractivity contribution in [1.82, 2.24) is 15.5 Å². The Morgan fingerprint density at radius 3 is 2.59 bits per heavy atom. The van der Waals surface area contributed by atoms with Crippen molar-refractivity contribution in [3.8, 4) is 23.6 Å². The molecule has 2 N–H and O–H groups in total. The molecule has 1 aliphatic heterocycles. The lowest BCUT2D eigenvalue weighted by Gasteiger charge is -2.44. The number of aromatic nitrogens is 2. The van der Waals surface area contributed by atoms with Crippen molar-refractivity contribution in [1.29, 1.82) is 0 Å². The van der Waals surface area contributed by atoms with E-state index >= 15 is 0 Å². The zero-order chi connectivity index (χ0) is 22.4. The summed E-state index contributed by atoms with van der Waals surface area (Å²) in [6.07, 6.45) is 7.89. The highest BCUT2D eigenvalue weighted by Crippen LogP contribution is 2.35. The Morgan fingerprint density at radius 2 is 1.91 bits per heavy atom. The van der Waals surface area contributed by atoms with Gasteiger partial charge >= 0.3 is 5.91 Å². The first-order chi connectivity index (χ1) is 15.6. The smallest absolute Gasteiger partial charge is 0.303 e. The standard InChI is InChI=1S/C25H24N4O3/c1-2-23(30)29(21-10-6-9-20(17-21)22-11-14-27-28-22)25(12-15-32-16-13-25)24(31)26-18-19-7-4-3-5-8-19/h1,3-11,14,17H,12-13,15-16,18H2,(H,26,31)(H,27,28). The van der Waals surface area contributed by atoms with Crippen LogP contribution >= 0.6 is 0 Å². The van der Waals surface area contributed by atoms with Gasteiger partial charge < -0.3 is 10.1 Å². The largest absolute Gasteiger partial charge is 0.381 e. The van der Waals surface area contributed by atoms with E-state index in [4.69, 9.17) is 11.2 Å². The van der Waals surface area contributed by atoms with Crippen LogP contribution in [0.25, 0.3) is 11.3 Å². The van der Waals surface area contributed by atoms with Gasteiger partial charge in [0.05, 0.1) is 5.69 Å². The summed E-state index contributed by atoms with van der Waals surface area (Å²) in [7, 11) is 0. The van der Waals surface area contributed by atoms with Gasteiger partial charge in [-0.05, 0) is 29.7 Å². The van der Waals surface area contributed by atoms with E-state index in [9.17, 15) is 9.59 Å². The van der Waals surface area contributed by atoms with Crippen LogP contribution in [0.15, 0.2) is 66.9 Å². The Bertz CT molecular complexity index is 1110. The average molecular weight is 428 g/mol. The maximum atomic E-state index is 13.6. The fraction of sp³-hybridized carbons (Fsp3) is 0.240. The Kier molecular flexibility index (Phi) is 6.34. The summed E-state index contributed by atoms with van der Waals surface area (Å²) in [5.41, 5.74) is 2.01. The van der Waals surface area contributed by atoms with Gasteiger partial charge in [0, 0.05) is 50.0 Å². The number of nitrogens with one attached hydrogen (secondary N) is 2. The lowest BCUT2D eigenvalue weighted by molar-refractivity contribution is -0.133. The third-order valence-electron chi connectivity index (χ3n) is 5.71. The number of anilines is 1. The molecule has 0 bridgehead atoms. The fourth-order valence-corrected chi connectivity index (χ4v) is 4.06. The van der Waals surface area contributed by atoms with Crippen LogP contribution in [0.4, 0.5) is 5.69 Å². The van der Waals surface area contributed by atoms with E-state index in [1.54, 1.807) is 12.3 Å². The van der Waals surface area contributed by atoms with Gasteiger partial charge in [-0.2, -0.15) is 5.10 Å². The minimum atomic E-state index is -1.15. The number of hydrogen-bond donors (Lipinski definition) is 2. The zero-order valence-electron chi connectivity index (χ0n) is 17.6. The quantitative estimate of drug-likeness (QED) is 0.591. The third-order valence-corrected chi connectivity index (χ3v) is 5.71. The molecule has 2 amide bonds. The highest BCUT2D eigenvalue weighted by atomic mass is 16.5. The molecule has 4 rings (SSSR count). The molecule has 0 unspecified atom stereocenters. The SMILES string of the molecule is C#CC(=O)N(c1cccc(-c2ccn[nH]2)c1)C1(C(=O)NCc2ccccc2)CCOCC1. The molecule has 1 aromatic heterocycles. The molecule has 3 aromatic rings. The fourth-order valence-electron chi connectivity index (χ4n) is 4.06. The van der Waals surface area contributed by atoms with E-state index in [-0.39, 0.29) is 5.91 Å². The van der Waals surface area contributed by atoms with Crippen LogP contribution in [0.2, 0.25) is 0 Å². The van der Waals surface area contributed by atoms with Crippen LogP contribution in [-0.2, 0) is 20.9 Å². The van der Waals surface area contributed by atoms with Gasteiger partial charge in [-0.3, -0.25) is 19.6 Å². The predicted molar refractivity (Wildman–Crippen MR) is 121 cm³/mol. The van der Waals surface area contributed by atoms with Gasteiger partial charge in [-0.25, -0.2) is 0 Å². The highest BCUT2D eigenvalue weighted by molar-refractivity contribution is 6.11. The Labute approximate surface area is 186 Å². The topological polar surface area (TPSA) is 87.3 Å². The maximum absolute atomic E-state index is 13.6. The molecule has 1 fully saturated rings. The second-order valence-electron chi connectivity index (χ2n) is 7.62. The molecule has 1 saturated heterocycles. The van der Waals surface area contributed by atoms with Gasteiger partial charge in [0.15, 0.2) is 0 Å². The maximum Gasteiger partial charge on any atom is 0.303 e. The van der Waals surface area contributed by atoms with E-state index in [0.29, 0.717) is 38.3 Å². The van der Waals surface area contributed by atoms with Crippen molar-refractivity contribution < 1.29 is 14.3 Å². The molecule has 32 heavy (non-hydrogen) atoms. The molecule has 7 nitrogen and oxygen atoms in total. The first-order valence-electron chi connectivity index (χ1n) is 10.4. The van der Waals surface area contributed by atoms with Crippen LogP contribution < -0.4 is 10.2 Å². The molecule has 1 aliphatic rings. The number of hydrogen-bond acceptors (Lipinski definition) is 4. The van der Waals surface area contributed by atoms with Gasteiger partial charge in [0.25, 0.3) is 0 Å². The molecular weight excluding hydrogens is 404 g/mol. The van der Waals surface area contributed by atoms with E-state index in [0.717, 1.165) is 16.8 Å². The summed E-state index contributed by atoms with van der Waals surface area (Å²) in [6.45, 7) is 1.06. The van der Waals surface area contributed by atoms with E-state index in [2.05, 4.69) is 21.4 Å². The summed E-state index contributed by atoms with van der Waals surface area (Å²) >= 11 is 0. The number of benzene rings is 2. The van der Waals surface area contributed by atoms with Crippen molar-refractivity contribution in [3.05, 3.63) is 72.4 Å². The third kappa shape index (κ3) is 4.27. The van der Waals surface area contributed by atoms with Crippen molar-refractivity contribution in [2.24, 2.45) is 0 Å². The highest BCUT2D eigenvalue weighted by Gasteiger charge is 2.48. The lowest BCUT2D eigenvalue weighted by Crippen LogP contribution is -2.63. The lowest BCUT2D eigenvalue weighted by atomic mass is 9.85. The van der Waals surface area contributed by atoms with Crippen LogP contribution in [0.1, 0.15) is 18.4 Å². The summed E-state index contributed by atoms with van der Waals surface area (Å²) in [4.78, 5) is 28.1. The summed E-state index contributed by atoms with van der Waals surface area (Å²) < 4.78 is 5.54.